The molecule has 0 aromatic carbocycles. The average molecular weight is 114 g/mol. The van der Waals surface area contributed by atoms with Gasteiger partial charge in [0, 0.05) is 12.8 Å². The molecule has 0 rings (SSSR count). The predicted molar refractivity (Wildman–Crippen MR) is 32.1 cm³/mol. The number of rotatable bonds is 2. The molecule has 0 fully saturated rings. The minimum Gasteiger partial charge on any atom is -0.287 e. The van der Waals surface area contributed by atoms with Crippen molar-refractivity contribution in [2.24, 2.45) is 0 Å². The molecule has 0 amide bonds. The highest BCUT2D eigenvalue weighted by atomic mass is 32.1. The fourth-order valence-corrected chi connectivity index (χ4v) is 0.291. The highest BCUT2D eigenvalue weighted by Gasteiger charge is 1.87. The first kappa shape index (κ1) is 6.58. The molecule has 0 radical (unpaired) electrons. The molecule has 0 aliphatic heterocycles. The Labute approximate surface area is 48.5 Å². The molecule has 2 heteroatoms. The lowest BCUT2D eigenvalue weighted by atomic mass is 10.3. The van der Waals surface area contributed by atoms with E-state index in [0.717, 1.165) is 0 Å². The van der Waals surface area contributed by atoms with Gasteiger partial charge < -0.3 is 0 Å². The fraction of sp³-hybridized carbons (Fsp3) is 0.400. The summed E-state index contributed by atoms with van der Waals surface area (Å²) in [5.74, 6) is 2.33. The second-order valence-corrected chi connectivity index (χ2v) is 1.60. The summed E-state index contributed by atoms with van der Waals surface area (Å²) in [5, 5.41) is -0.141. The summed E-state index contributed by atoms with van der Waals surface area (Å²) in [6.45, 7) is 0. The van der Waals surface area contributed by atoms with Gasteiger partial charge in [0.05, 0.1) is 0 Å². The molecular weight excluding hydrogens is 108 g/mol. The van der Waals surface area contributed by atoms with E-state index in [1.54, 1.807) is 0 Å². The molecule has 0 spiro atoms. The third kappa shape index (κ3) is 5.58. The van der Waals surface area contributed by atoms with Crippen LogP contribution in [0.3, 0.4) is 0 Å². The third-order valence-corrected chi connectivity index (χ3v) is 0.707. The van der Waals surface area contributed by atoms with Crippen LogP contribution in [0.4, 0.5) is 0 Å². The molecule has 0 N–H and O–H groups in total. The van der Waals surface area contributed by atoms with Gasteiger partial charge in [-0.25, -0.2) is 0 Å². The second-order valence-electron chi connectivity index (χ2n) is 1.10. The molecule has 38 valence electrons. The Morgan fingerprint density at radius 2 is 2.43 bits per heavy atom. The van der Waals surface area contributed by atoms with Crippen LogP contribution in [0.1, 0.15) is 12.8 Å². The molecule has 7 heavy (non-hydrogen) atoms. The Kier molecular flexibility index (Phi) is 3.53. The maximum absolute atomic E-state index is 9.97. The van der Waals surface area contributed by atoms with Crippen molar-refractivity contribution in [3.63, 3.8) is 0 Å². The summed E-state index contributed by atoms with van der Waals surface area (Å²) in [5.41, 5.74) is 0. The van der Waals surface area contributed by atoms with Crippen LogP contribution in [0, 0.1) is 12.3 Å². The van der Waals surface area contributed by atoms with Crippen molar-refractivity contribution in [1.82, 2.24) is 0 Å². The zero-order valence-electron chi connectivity index (χ0n) is 3.85. The highest BCUT2D eigenvalue weighted by Crippen LogP contribution is 1.90. The van der Waals surface area contributed by atoms with Crippen LogP contribution in [-0.4, -0.2) is 5.12 Å². The van der Waals surface area contributed by atoms with Gasteiger partial charge in [-0.3, -0.25) is 4.79 Å². The largest absolute Gasteiger partial charge is 0.287 e. The first-order chi connectivity index (χ1) is 3.27. The van der Waals surface area contributed by atoms with E-state index < -0.39 is 0 Å². The molecule has 0 saturated carbocycles. The molecule has 0 aliphatic carbocycles. The van der Waals surface area contributed by atoms with Gasteiger partial charge in [0.1, 0.15) is 0 Å². The molecule has 0 heterocycles. The van der Waals surface area contributed by atoms with E-state index in [-0.39, 0.29) is 5.12 Å². The van der Waals surface area contributed by atoms with Crippen LogP contribution >= 0.6 is 12.6 Å². The van der Waals surface area contributed by atoms with Crippen molar-refractivity contribution in [2.75, 3.05) is 0 Å². The minimum absolute atomic E-state index is 0.141. The summed E-state index contributed by atoms with van der Waals surface area (Å²) in [4.78, 5) is 9.97. The molecule has 0 saturated heterocycles. The first-order valence-electron chi connectivity index (χ1n) is 1.92. The van der Waals surface area contributed by atoms with Crippen molar-refractivity contribution in [3.05, 3.63) is 0 Å². The van der Waals surface area contributed by atoms with Crippen LogP contribution in [0.2, 0.25) is 0 Å². The van der Waals surface area contributed by atoms with Crippen molar-refractivity contribution in [2.45, 2.75) is 12.8 Å². The number of thiol groups is 1. The predicted octanol–water partition coefficient (Wildman–Crippen LogP) is 0.856. The zero-order chi connectivity index (χ0) is 5.70. The average Bonchev–Trinajstić information content (AvgIpc) is 1.61. The lowest BCUT2D eigenvalue weighted by molar-refractivity contribution is -0.110. The van der Waals surface area contributed by atoms with Crippen molar-refractivity contribution < 1.29 is 4.79 Å². The molecule has 0 bridgehead atoms. The first-order valence-corrected chi connectivity index (χ1v) is 2.37. The van der Waals surface area contributed by atoms with E-state index in [2.05, 4.69) is 18.5 Å². The lowest BCUT2D eigenvalue weighted by Gasteiger charge is -1.79. The van der Waals surface area contributed by atoms with Crippen molar-refractivity contribution in [1.29, 1.82) is 0 Å². The molecule has 1 nitrogen and oxygen atoms in total. The lowest BCUT2D eigenvalue weighted by Crippen LogP contribution is -1.81. The van der Waals surface area contributed by atoms with Gasteiger partial charge in [-0.1, -0.05) is 0 Å². The van der Waals surface area contributed by atoms with Gasteiger partial charge in [0.15, 0.2) is 5.12 Å². The number of carbonyl (C=O) groups excluding carboxylic acids is 1. The van der Waals surface area contributed by atoms with Crippen LogP contribution in [-0.2, 0) is 4.79 Å². The van der Waals surface area contributed by atoms with Gasteiger partial charge >= 0.3 is 0 Å². The van der Waals surface area contributed by atoms with Crippen LogP contribution < -0.4 is 0 Å². The number of terminal acetylenes is 1. The van der Waals surface area contributed by atoms with E-state index in [4.69, 9.17) is 6.42 Å². The Morgan fingerprint density at radius 1 is 1.86 bits per heavy atom. The van der Waals surface area contributed by atoms with E-state index in [1.165, 1.54) is 0 Å². The van der Waals surface area contributed by atoms with Crippen molar-refractivity contribution in [3.8, 4) is 12.3 Å². The highest BCUT2D eigenvalue weighted by molar-refractivity contribution is 7.96. The molecule has 0 aromatic rings. The Hall–Kier alpha value is -0.420. The molecule has 0 unspecified atom stereocenters. The summed E-state index contributed by atoms with van der Waals surface area (Å²) in [6.07, 6.45) is 5.73. The molecule has 0 aromatic heterocycles. The van der Waals surface area contributed by atoms with E-state index >= 15 is 0 Å². The van der Waals surface area contributed by atoms with Gasteiger partial charge in [0.25, 0.3) is 0 Å². The number of carbonyl (C=O) groups is 1. The van der Waals surface area contributed by atoms with Crippen LogP contribution in [0.15, 0.2) is 0 Å². The van der Waals surface area contributed by atoms with Crippen molar-refractivity contribution >= 4 is 17.7 Å². The number of hydrogen-bond acceptors (Lipinski definition) is 1. The normalized spacial score (nSPS) is 7.43. The van der Waals surface area contributed by atoms with Gasteiger partial charge in [-0.05, 0) is 0 Å². The minimum atomic E-state index is -0.141. The Morgan fingerprint density at radius 3 is 2.57 bits per heavy atom. The standard InChI is InChI=1S/C5H6OS/c1-2-3-4-5(6)7/h1H,3-4H2,(H,6,7). The maximum atomic E-state index is 9.97. The second kappa shape index (κ2) is 3.76. The van der Waals surface area contributed by atoms with E-state index in [9.17, 15) is 4.79 Å². The monoisotopic (exact) mass is 114 g/mol. The Balaban J connectivity index is 3.02. The summed E-state index contributed by atoms with van der Waals surface area (Å²) in [6, 6.07) is 0. The Bertz CT molecular complexity index is 101. The van der Waals surface area contributed by atoms with Gasteiger partial charge in [-0.2, -0.15) is 0 Å². The van der Waals surface area contributed by atoms with Gasteiger partial charge in [-0.15, -0.1) is 25.0 Å². The number of hydrogen-bond donors (Lipinski definition) is 1. The summed E-state index contributed by atoms with van der Waals surface area (Å²) < 4.78 is 0. The summed E-state index contributed by atoms with van der Waals surface area (Å²) >= 11 is 3.50. The molecule has 0 aliphatic rings. The topological polar surface area (TPSA) is 17.1 Å². The smallest absolute Gasteiger partial charge is 0.186 e. The van der Waals surface area contributed by atoms with Crippen LogP contribution in [0.5, 0.6) is 0 Å². The van der Waals surface area contributed by atoms with Crippen LogP contribution in [0.25, 0.3) is 0 Å². The maximum Gasteiger partial charge on any atom is 0.186 e. The quantitative estimate of drug-likeness (QED) is 0.416. The zero-order valence-corrected chi connectivity index (χ0v) is 4.74. The summed E-state index contributed by atoms with van der Waals surface area (Å²) in [7, 11) is 0. The third-order valence-electron chi connectivity index (χ3n) is 0.483. The fourth-order valence-electron chi connectivity index (χ4n) is 0.179. The molecular formula is C5H6OS. The molecule has 0 atom stereocenters. The van der Waals surface area contributed by atoms with Gasteiger partial charge in [0.2, 0.25) is 0 Å². The van der Waals surface area contributed by atoms with E-state index in [0.29, 0.717) is 12.8 Å². The SMILES string of the molecule is C#CCCC(=O)S. The van der Waals surface area contributed by atoms with E-state index in [1.807, 2.05) is 0 Å².